The molecule has 0 radical (unpaired) electrons. The van der Waals surface area contributed by atoms with E-state index in [0.29, 0.717) is 18.8 Å². The van der Waals surface area contributed by atoms with E-state index in [-0.39, 0.29) is 0 Å². The molecule has 2 atom stereocenters. The van der Waals surface area contributed by atoms with Gasteiger partial charge in [0.1, 0.15) is 0 Å². The molecule has 0 saturated carbocycles. The fourth-order valence-corrected chi connectivity index (χ4v) is 2.94. The number of aromatic nitrogens is 1. The Kier molecular flexibility index (Phi) is 4.43. The number of rotatable bonds is 4. The van der Waals surface area contributed by atoms with E-state index in [4.69, 9.17) is 9.47 Å². The summed E-state index contributed by atoms with van der Waals surface area (Å²) in [5.74, 6) is 0. The summed E-state index contributed by atoms with van der Waals surface area (Å²) < 4.78 is 11.5. The summed E-state index contributed by atoms with van der Waals surface area (Å²) in [4.78, 5) is 6.67. The van der Waals surface area contributed by atoms with Crippen molar-refractivity contribution in [1.82, 2.24) is 9.88 Å². The van der Waals surface area contributed by atoms with Gasteiger partial charge in [-0.1, -0.05) is 6.07 Å². The van der Waals surface area contributed by atoms with Gasteiger partial charge < -0.3 is 9.47 Å². The van der Waals surface area contributed by atoms with Gasteiger partial charge in [-0.15, -0.1) is 0 Å². The lowest BCUT2D eigenvalue weighted by molar-refractivity contribution is -0.0223. The molecule has 104 valence electrons. The van der Waals surface area contributed by atoms with Crippen LogP contribution in [0.15, 0.2) is 24.5 Å². The molecule has 2 aliphatic heterocycles. The Bertz CT molecular complexity index is 379. The summed E-state index contributed by atoms with van der Waals surface area (Å²) in [6.07, 6.45) is 7.61. The van der Waals surface area contributed by atoms with Crippen LogP contribution in [0.5, 0.6) is 0 Å². The fourth-order valence-electron chi connectivity index (χ4n) is 2.94. The predicted octanol–water partition coefficient (Wildman–Crippen LogP) is 1.85. The molecule has 19 heavy (non-hydrogen) atoms. The molecule has 1 aromatic rings. The molecule has 2 fully saturated rings. The number of likely N-dealkylation sites (tertiary alicyclic amines) is 1. The van der Waals surface area contributed by atoms with Crippen molar-refractivity contribution in [2.75, 3.05) is 26.3 Å². The van der Waals surface area contributed by atoms with Crippen LogP contribution in [-0.4, -0.2) is 48.3 Å². The highest BCUT2D eigenvalue weighted by molar-refractivity contribution is 5.06. The third-order valence-electron chi connectivity index (χ3n) is 4.04. The second-order valence-electron chi connectivity index (χ2n) is 5.45. The second-order valence-corrected chi connectivity index (χ2v) is 5.45. The average Bonchev–Trinajstić information content (AvgIpc) is 3.01. The monoisotopic (exact) mass is 262 g/mol. The minimum atomic E-state index is 0.356. The molecule has 0 amide bonds. The molecule has 0 spiro atoms. The molecular weight excluding hydrogens is 240 g/mol. The molecular formula is C15H22N2O2. The number of pyridine rings is 1. The van der Waals surface area contributed by atoms with Gasteiger partial charge in [-0.25, -0.2) is 0 Å². The lowest BCUT2D eigenvalue weighted by Gasteiger charge is -2.36. The normalized spacial score (nSPS) is 28.6. The lowest BCUT2D eigenvalue weighted by atomic mass is 10.1. The largest absolute Gasteiger partial charge is 0.380 e. The molecule has 2 aliphatic rings. The van der Waals surface area contributed by atoms with Crippen molar-refractivity contribution < 1.29 is 9.47 Å². The average molecular weight is 262 g/mol. The molecule has 1 aromatic heterocycles. The summed E-state index contributed by atoms with van der Waals surface area (Å²) >= 11 is 0. The third-order valence-corrected chi connectivity index (χ3v) is 4.04. The van der Waals surface area contributed by atoms with Crippen LogP contribution >= 0.6 is 0 Å². The Balaban J connectivity index is 1.48. The highest BCUT2D eigenvalue weighted by Gasteiger charge is 2.28. The molecule has 3 heterocycles. The summed E-state index contributed by atoms with van der Waals surface area (Å²) in [7, 11) is 0. The maximum Gasteiger partial charge on any atom is 0.0736 e. The van der Waals surface area contributed by atoms with Gasteiger partial charge in [0.25, 0.3) is 0 Å². The van der Waals surface area contributed by atoms with Crippen molar-refractivity contribution in [1.29, 1.82) is 0 Å². The van der Waals surface area contributed by atoms with Crippen LogP contribution < -0.4 is 0 Å². The quantitative estimate of drug-likeness (QED) is 0.829. The van der Waals surface area contributed by atoms with Gasteiger partial charge in [-0.05, 0) is 37.4 Å². The summed E-state index contributed by atoms with van der Waals surface area (Å²) in [5.41, 5.74) is 1.16. The van der Waals surface area contributed by atoms with Gasteiger partial charge in [-0.3, -0.25) is 9.88 Å². The van der Waals surface area contributed by atoms with Crippen LogP contribution in [0.1, 0.15) is 24.8 Å². The van der Waals surface area contributed by atoms with Gasteiger partial charge >= 0.3 is 0 Å². The van der Waals surface area contributed by atoms with Crippen LogP contribution in [0.25, 0.3) is 0 Å². The molecule has 3 rings (SSSR count). The molecule has 2 saturated heterocycles. The number of ether oxygens (including phenoxy) is 2. The molecule has 4 heteroatoms. The van der Waals surface area contributed by atoms with Crippen molar-refractivity contribution in [3.8, 4) is 0 Å². The van der Waals surface area contributed by atoms with Crippen molar-refractivity contribution in [2.24, 2.45) is 0 Å². The second kappa shape index (κ2) is 6.46. The van der Waals surface area contributed by atoms with E-state index in [2.05, 4.69) is 16.0 Å². The zero-order valence-electron chi connectivity index (χ0n) is 11.3. The number of hydrogen-bond acceptors (Lipinski definition) is 4. The Morgan fingerprint density at radius 3 is 3.21 bits per heavy atom. The molecule has 2 unspecified atom stereocenters. The van der Waals surface area contributed by atoms with E-state index in [1.807, 2.05) is 12.3 Å². The number of nitrogens with zero attached hydrogens (tertiary/aromatic N) is 2. The first-order valence-electron chi connectivity index (χ1n) is 7.24. The SMILES string of the molecule is c1cncc(COC2CCCN(C3CCOC3)C2)c1. The van der Waals surface area contributed by atoms with Gasteiger partial charge in [0, 0.05) is 31.6 Å². The van der Waals surface area contributed by atoms with E-state index in [1.54, 1.807) is 6.20 Å². The van der Waals surface area contributed by atoms with E-state index in [1.165, 1.54) is 25.8 Å². The van der Waals surface area contributed by atoms with Gasteiger partial charge in [0.15, 0.2) is 0 Å². The Hall–Kier alpha value is -0.970. The molecule has 0 bridgehead atoms. The molecule has 0 aliphatic carbocycles. The zero-order chi connectivity index (χ0) is 12.9. The maximum atomic E-state index is 6.04. The van der Waals surface area contributed by atoms with Crippen LogP contribution in [-0.2, 0) is 16.1 Å². The van der Waals surface area contributed by atoms with Crippen molar-refractivity contribution in [2.45, 2.75) is 38.0 Å². The zero-order valence-corrected chi connectivity index (χ0v) is 11.3. The molecule has 0 aromatic carbocycles. The van der Waals surface area contributed by atoms with Crippen molar-refractivity contribution in [3.63, 3.8) is 0 Å². The van der Waals surface area contributed by atoms with Crippen molar-refractivity contribution in [3.05, 3.63) is 30.1 Å². The van der Waals surface area contributed by atoms with E-state index < -0.39 is 0 Å². The minimum Gasteiger partial charge on any atom is -0.380 e. The fraction of sp³-hybridized carbons (Fsp3) is 0.667. The van der Waals surface area contributed by atoms with Gasteiger partial charge in [0.2, 0.25) is 0 Å². The van der Waals surface area contributed by atoms with Gasteiger partial charge in [0.05, 0.1) is 19.3 Å². The van der Waals surface area contributed by atoms with E-state index >= 15 is 0 Å². The van der Waals surface area contributed by atoms with Crippen LogP contribution in [0, 0.1) is 0 Å². The molecule has 0 N–H and O–H groups in total. The minimum absolute atomic E-state index is 0.356. The summed E-state index contributed by atoms with van der Waals surface area (Å²) in [5, 5.41) is 0. The number of piperidine rings is 1. The first-order chi connectivity index (χ1) is 9.42. The van der Waals surface area contributed by atoms with Crippen molar-refractivity contribution >= 4 is 0 Å². The van der Waals surface area contributed by atoms with Crippen LogP contribution in [0.4, 0.5) is 0 Å². The summed E-state index contributed by atoms with van der Waals surface area (Å²) in [6.45, 7) is 4.74. The first kappa shape index (κ1) is 13.0. The standard InChI is InChI=1S/C15H22N2O2/c1-3-13(9-16-6-1)11-19-15-4-2-7-17(10-15)14-5-8-18-12-14/h1,3,6,9,14-15H,2,4-5,7-8,10-12H2. The molecule has 4 nitrogen and oxygen atoms in total. The van der Waals surface area contributed by atoms with Crippen LogP contribution in [0.2, 0.25) is 0 Å². The van der Waals surface area contributed by atoms with Gasteiger partial charge in [-0.2, -0.15) is 0 Å². The smallest absolute Gasteiger partial charge is 0.0736 e. The highest BCUT2D eigenvalue weighted by Crippen LogP contribution is 2.20. The van der Waals surface area contributed by atoms with E-state index in [0.717, 1.165) is 25.3 Å². The first-order valence-corrected chi connectivity index (χ1v) is 7.24. The lowest BCUT2D eigenvalue weighted by Crippen LogP contribution is -2.45. The Morgan fingerprint density at radius 2 is 2.42 bits per heavy atom. The maximum absolute atomic E-state index is 6.04. The topological polar surface area (TPSA) is 34.6 Å². The summed E-state index contributed by atoms with van der Waals surface area (Å²) in [6, 6.07) is 4.64. The van der Waals surface area contributed by atoms with Crippen LogP contribution in [0.3, 0.4) is 0 Å². The number of hydrogen-bond donors (Lipinski definition) is 0. The predicted molar refractivity (Wildman–Crippen MR) is 72.8 cm³/mol. The Labute approximate surface area is 114 Å². The van der Waals surface area contributed by atoms with E-state index in [9.17, 15) is 0 Å². The highest BCUT2D eigenvalue weighted by atomic mass is 16.5. The third kappa shape index (κ3) is 3.53. The Morgan fingerprint density at radius 1 is 1.42 bits per heavy atom.